The van der Waals surface area contributed by atoms with Crippen LogP contribution >= 0.6 is 0 Å². The average Bonchev–Trinajstić information content (AvgIpc) is 2.34. The van der Waals surface area contributed by atoms with Gasteiger partial charge in [0.25, 0.3) is 0 Å². The Morgan fingerprint density at radius 3 is 2.37 bits per heavy atom. The van der Waals surface area contributed by atoms with Gasteiger partial charge in [0, 0.05) is 12.2 Å². The number of rotatable bonds is 5. The molecule has 0 saturated carbocycles. The second-order valence-corrected chi connectivity index (χ2v) is 4.75. The molecule has 0 saturated heterocycles. The van der Waals surface area contributed by atoms with Crippen molar-refractivity contribution in [3.05, 3.63) is 29.3 Å². The van der Waals surface area contributed by atoms with Crippen molar-refractivity contribution >= 4 is 5.69 Å². The Labute approximate surface area is 110 Å². The van der Waals surface area contributed by atoms with Gasteiger partial charge in [0.05, 0.1) is 18.2 Å². The lowest BCUT2D eigenvalue weighted by molar-refractivity contribution is -0.137. The highest BCUT2D eigenvalue weighted by Crippen LogP contribution is 2.32. The third-order valence-electron chi connectivity index (χ3n) is 2.99. The first-order valence-corrected chi connectivity index (χ1v) is 6.07. The molecule has 19 heavy (non-hydrogen) atoms. The quantitative estimate of drug-likeness (QED) is 0.774. The molecule has 3 nitrogen and oxygen atoms in total. The molecule has 1 atom stereocenters. The van der Waals surface area contributed by atoms with Gasteiger partial charge in [0.2, 0.25) is 0 Å². The lowest BCUT2D eigenvalue weighted by atomic mass is 10.0. The van der Waals surface area contributed by atoms with E-state index in [0.29, 0.717) is 11.3 Å². The highest BCUT2D eigenvalue weighted by molar-refractivity contribution is 5.54. The summed E-state index contributed by atoms with van der Waals surface area (Å²) in [5.41, 5.74) is 5.68. The minimum atomic E-state index is -4.38. The fourth-order valence-corrected chi connectivity index (χ4v) is 1.70. The molecule has 0 bridgehead atoms. The van der Waals surface area contributed by atoms with Crippen molar-refractivity contribution in [2.24, 2.45) is 11.7 Å². The van der Waals surface area contributed by atoms with Gasteiger partial charge in [-0.2, -0.15) is 13.2 Å². The predicted octanol–water partition coefficient (Wildman–Crippen LogP) is 2.59. The van der Waals surface area contributed by atoms with E-state index in [0.717, 1.165) is 12.1 Å². The van der Waals surface area contributed by atoms with Gasteiger partial charge in [-0.1, -0.05) is 13.8 Å². The summed E-state index contributed by atoms with van der Waals surface area (Å²) in [6, 6.07) is 3.19. The van der Waals surface area contributed by atoms with E-state index in [-0.39, 0.29) is 25.1 Å². The van der Waals surface area contributed by atoms with Crippen molar-refractivity contribution in [2.75, 3.05) is 11.9 Å². The third-order valence-corrected chi connectivity index (χ3v) is 2.99. The monoisotopic (exact) mass is 276 g/mol. The molecule has 1 rings (SSSR count). The number of hydrogen-bond acceptors (Lipinski definition) is 3. The molecular formula is C13H19F3N2O. The molecule has 0 aromatic heterocycles. The molecule has 1 unspecified atom stereocenters. The van der Waals surface area contributed by atoms with Crippen LogP contribution in [0.5, 0.6) is 0 Å². The molecule has 0 aliphatic rings. The Morgan fingerprint density at radius 1 is 1.32 bits per heavy atom. The normalized spacial score (nSPS) is 13.7. The second kappa shape index (κ2) is 6.25. The molecule has 6 heteroatoms. The lowest BCUT2D eigenvalue weighted by Crippen LogP contribution is -2.30. The Kier molecular flexibility index (Phi) is 5.20. The van der Waals surface area contributed by atoms with Crippen molar-refractivity contribution < 1.29 is 18.3 Å². The molecule has 108 valence electrons. The summed E-state index contributed by atoms with van der Waals surface area (Å²) >= 11 is 0. The number of nitrogens with two attached hydrogens (primary N) is 1. The van der Waals surface area contributed by atoms with Crippen LogP contribution in [0.1, 0.15) is 25.0 Å². The number of alkyl halides is 3. The molecule has 0 radical (unpaired) electrons. The van der Waals surface area contributed by atoms with Crippen LogP contribution < -0.4 is 11.1 Å². The van der Waals surface area contributed by atoms with Crippen LogP contribution in [0.2, 0.25) is 0 Å². The number of halogens is 3. The average molecular weight is 276 g/mol. The van der Waals surface area contributed by atoms with Crippen LogP contribution in [0.25, 0.3) is 0 Å². The molecule has 0 spiro atoms. The molecule has 1 aromatic carbocycles. The minimum absolute atomic E-state index is 0.00248. The highest BCUT2D eigenvalue weighted by atomic mass is 19.4. The van der Waals surface area contributed by atoms with E-state index < -0.39 is 11.7 Å². The molecule has 1 aromatic rings. The van der Waals surface area contributed by atoms with Crippen LogP contribution in [0.4, 0.5) is 18.9 Å². The van der Waals surface area contributed by atoms with Crippen LogP contribution in [0.15, 0.2) is 18.2 Å². The Hall–Kier alpha value is -1.27. The van der Waals surface area contributed by atoms with Gasteiger partial charge < -0.3 is 16.2 Å². The molecule has 4 N–H and O–H groups in total. The van der Waals surface area contributed by atoms with Gasteiger partial charge in [-0.05, 0) is 29.7 Å². The van der Waals surface area contributed by atoms with Crippen LogP contribution in [0.3, 0.4) is 0 Å². The maximum atomic E-state index is 12.6. The number of anilines is 1. The van der Waals surface area contributed by atoms with Gasteiger partial charge in [0.1, 0.15) is 0 Å². The van der Waals surface area contributed by atoms with Gasteiger partial charge in [-0.3, -0.25) is 0 Å². The van der Waals surface area contributed by atoms with E-state index in [1.807, 2.05) is 13.8 Å². The first-order chi connectivity index (χ1) is 8.79. The van der Waals surface area contributed by atoms with E-state index >= 15 is 0 Å². The zero-order chi connectivity index (χ0) is 14.6. The number of aliphatic hydroxyl groups excluding tert-OH is 1. The Bertz CT molecular complexity index is 419. The number of benzene rings is 1. The summed E-state index contributed by atoms with van der Waals surface area (Å²) in [5.74, 6) is 0.151. The maximum absolute atomic E-state index is 12.6. The van der Waals surface area contributed by atoms with Crippen molar-refractivity contribution in [2.45, 2.75) is 32.6 Å². The first-order valence-electron chi connectivity index (χ1n) is 6.07. The largest absolute Gasteiger partial charge is 0.416 e. The molecule has 0 aliphatic carbocycles. The minimum Gasteiger partial charge on any atom is -0.394 e. The smallest absolute Gasteiger partial charge is 0.394 e. The third kappa shape index (κ3) is 4.11. The van der Waals surface area contributed by atoms with E-state index in [2.05, 4.69) is 5.32 Å². The number of nitrogens with one attached hydrogen (secondary N) is 1. The lowest BCUT2D eigenvalue weighted by Gasteiger charge is -2.23. The summed E-state index contributed by atoms with van der Waals surface area (Å²) < 4.78 is 37.8. The summed E-state index contributed by atoms with van der Waals surface area (Å²) in [7, 11) is 0. The van der Waals surface area contributed by atoms with Crippen molar-refractivity contribution in [3.8, 4) is 0 Å². The predicted molar refractivity (Wildman–Crippen MR) is 68.7 cm³/mol. The summed E-state index contributed by atoms with van der Waals surface area (Å²) in [6.07, 6.45) is -4.38. The van der Waals surface area contributed by atoms with E-state index in [4.69, 9.17) is 5.73 Å². The Balaban J connectivity index is 3.03. The van der Waals surface area contributed by atoms with Gasteiger partial charge >= 0.3 is 6.18 Å². The number of hydrogen-bond donors (Lipinski definition) is 3. The van der Waals surface area contributed by atoms with E-state index in [1.54, 1.807) is 0 Å². The van der Waals surface area contributed by atoms with Gasteiger partial charge in [-0.25, -0.2) is 0 Å². The zero-order valence-corrected chi connectivity index (χ0v) is 11.0. The van der Waals surface area contributed by atoms with Crippen molar-refractivity contribution in [1.29, 1.82) is 0 Å². The summed E-state index contributed by atoms with van der Waals surface area (Å²) in [6.45, 7) is 3.74. The fraction of sp³-hybridized carbons (Fsp3) is 0.538. The molecular weight excluding hydrogens is 257 g/mol. The highest BCUT2D eigenvalue weighted by Gasteiger charge is 2.31. The van der Waals surface area contributed by atoms with Crippen LogP contribution in [-0.4, -0.2) is 17.8 Å². The van der Waals surface area contributed by atoms with E-state index in [9.17, 15) is 18.3 Å². The van der Waals surface area contributed by atoms with Crippen molar-refractivity contribution in [3.63, 3.8) is 0 Å². The standard InChI is InChI=1S/C13H19F3N2O/c1-8(2)12(7-19)18-11-4-3-10(13(14,15)16)5-9(11)6-17/h3-5,8,12,18-19H,6-7,17H2,1-2H3. The molecule has 0 fully saturated rings. The first kappa shape index (κ1) is 15.8. The summed E-state index contributed by atoms with van der Waals surface area (Å²) in [4.78, 5) is 0. The van der Waals surface area contributed by atoms with Crippen LogP contribution in [0, 0.1) is 5.92 Å². The molecule has 0 aliphatic heterocycles. The fourth-order valence-electron chi connectivity index (χ4n) is 1.70. The van der Waals surface area contributed by atoms with Crippen molar-refractivity contribution in [1.82, 2.24) is 0 Å². The second-order valence-electron chi connectivity index (χ2n) is 4.75. The summed E-state index contributed by atoms with van der Waals surface area (Å²) in [5, 5.41) is 12.3. The van der Waals surface area contributed by atoms with Gasteiger partial charge in [0.15, 0.2) is 0 Å². The zero-order valence-electron chi connectivity index (χ0n) is 11.0. The molecule has 0 heterocycles. The number of aliphatic hydroxyl groups is 1. The maximum Gasteiger partial charge on any atom is 0.416 e. The van der Waals surface area contributed by atoms with E-state index in [1.165, 1.54) is 6.07 Å². The topological polar surface area (TPSA) is 58.3 Å². The van der Waals surface area contributed by atoms with Gasteiger partial charge in [-0.15, -0.1) is 0 Å². The van der Waals surface area contributed by atoms with Crippen LogP contribution in [-0.2, 0) is 12.7 Å². The molecule has 0 amide bonds. The Morgan fingerprint density at radius 2 is 1.95 bits per heavy atom. The SMILES string of the molecule is CC(C)C(CO)Nc1ccc(C(F)(F)F)cc1CN.